The van der Waals surface area contributed by atoms with Crippen molar-refractivity contribution in [3.63, 3.8) is 0 Å². The standard InChI is InChI=1S/C21H29N3O3/c1-14-9-11-24(12-10-14)15(2)13-22-21(25)19-16(3)27-23-20(19)17-7-5-6-8-18(17)26-4/h5-8,14-15H,9-13H2,1-4H3,(H,22,25)/t15-/m0/s1. The number of carbonyl (C=O) groups is 1. The van der Waals surface area contributed by atoms with E-state index >= 15 is 0 Å². The average molecular weight is 371 g/mol. The highest BCUT2D eigenvalue weighted by atomic mass is 16.5. The Morgan fingerprint density at radius 1 is 1.37 bits per heavy atom. The number of aryl methyl sites for hydroxylation is 1. The second kappa shape index (κ2) is 8.57. The fraction of sp³-hybridized carbons (Fsp3) is 0.524. The third-order valence-corrected chi connectivity index (χ3v) is 5.45. The summed E-state index contributed by atoms with van der Waals surface area (Å²) in [7, 11) is 1.60. The SMILES string of the molecule is COc1ccccc1-c1noc(C)c1C(=O)NC[C@H](C)N1CCC(C)CC1. The van der Waals surface area contributed by atoms with Crippen LogP contribution in [0.25, 0.3) is 11.3 Å². The lowest BCUT2D eigenvalue weighted by molar-refractivity contribution is 0.0921. The molecule has 0 unspecified atom stereocenters. The highest BCUT2D eigenvalue weighted by Crippen LogP contribution is 2.32. The van der Waals surface area contributed by atoms with Gasteiger partial charge in [0.05, 0.1) is 7.11 Å². The highest BCUT2D eigenvalue weighted by Gasteiger charge is 2.25. The van der Waals surface area contributed by atoms with E-state index < -0.39 is 0 Å². The topological polar surface area (TPSA) is 67.6 Å². The van der Waals surface area contributed by atoms with E-state index in [1.165, 1.54) is 12.8 Å². The minimum absolute atomic E-state index is 0.160. The third kappa shape index (κ3) is 4.33. The van der Waals surface area contributed by atoms with E-state index in [1.54, 1.807) is 14.0 Å². The smallest absolute Gasteiger partial charge is 0.257 e. The van der Waals surface area contributed by atoms with E-state index in [0.29, 0.717) is 35.4 Å². The lowest BCUT2D eigenvalue weighted by Gasteiger charge is -2.35. The predicted molar refractivity (Wildman–Crippen MR) is 105 cm³/mol. The maximum Gasteiger partial charge on any atom is 0.257 e. The molecule has 146 valence electrons. The monoisotopic (exact) mass is 371 g/mol. The summed E-state index contributed by atoms with van der Waals surface area (Å²) in [4.78, 5) is 15.3. The van der Waals surface area contributed by atoms with Gasteiger partial charge in [0.15, 0.2) is 0 Å². The van der Waals surface area contributed by atoms with E-state index in [-0.39, 0.29) is 5.91 Å². The summed E-state index contributed by atoms with van der Waals surface area (Å²) in [5, 5.41) is 7.18. The van der Waals surface area contributed by atoms with Gasteiger partial charge >= 0.3 is 0 Å². The molecule has 0 radical (unpaired) electrons. The van der Waals surface area contributed by atoms with Gasteiger partial charge in [-0.25, -0.2) is 0 Å². The Kier molecular flexibility index (Phi) is 6.16. The number of likely N-dealkylation sites (tertiary alicyclic amines) is 1. The molecule has 6 heteroatoms. The summed E-state index contributed by atoms with van der Waals surface area (Å²) in [6, 6.07) is 7.81. The zero-order valence-corrected chi connectivity index (χ0v) is 16.6. The Balaban J connectivity index is 1.71. The number of hydrogen-bond donors (Lipinski definition) is 1. The number of piperidine rings is 1. The van der Waals surface area contributed by atoms with Crippen molar-refractivity contribution in [2.45, 2.75) is 39.7 Å². The number of nitrogens with one attached hydrogen (secondary N) is 1. The van der Waals surface area contributed by atoms with Crippen LogP contribution in [0.15, 0.2) is 28.8 Å². The number of aromatic nitrogens is 1. The lowest BCUT2D eigenvalue weighted by Crippen LogP contribution is -2.45. The van der Waals surface area contributed by atoms with Crippen molar-refractivity contribution in [2.24, 2.45) is 5.92 Å². The molecule has 27 heavy (non-hydrogen) atoms. The lowest BCUT2D eigenvalue weighted by atomic mass is 9.98. The van der Waals surface area contributed by atoms with Gasteiger partial charge in [-0.15, -0.1) is 0 Å². The summed E-state index contributed by atoms with van der Waals surface area (Å²) >= 11 is 0. The third-order valence-electron chi connectivity index (χ3n) is 5.45. The van der Waals surface area contributed by atoms with Crippen LogP contribution in [0.1, 0.15) is 42.8 Å². The predicted octanol–water partition coefficient (Wildman–Crippen LogP) is 3.51. The van der Waals surface area contributed by atoms with Gasteiger partial charge in [-0.05, 0) is 57.8 Å². The minimum Gasteiger partial charge on any atom is -0.496 e. The van der Waals surface area contributed by atoms with Crippen LogP contribution in [0.5, 0.6) is 5.75 Å². The van der Waals surface area contributed by atoms with Crippen LogP contribution < -0.4 is 10.1 Å². The Hall–Kier alpha value is -2.34. The molecule has 3 rings (SSSR count). The second-order valence-corrected chi connectivity index (χ2v) is 7.44. The summed E-state index contributed by atoms with van der Waals surface area (Å²) in [5.41, 5.74) is 1.74. The highest BCUT2D eigenvalue weighted by molar-refractivity contribution is 6.01. The molecule has 0 bridgehead atoms. The van der Waals surface area contributed by atoms with Crippen molar-refractivity contribution in [3.8, 4) is 17.0 Å². The molecule has 1 aromatic heterocycles. The fourth-order valence-electron chi connectivity index (χ4n) is 3.59. The molecule has 0 aliphatic carbocycles. The molecule has 1 aromatic carbocycles. The van der Waals surface area contributed by atoms with Crippen molar-refractivity contribution in [1.29, 1.82) is 0 Å². The van der Waals surface area contributed by atoms with Crippen molar-refractivity contribution in [2.75, 3.05) is 26.7 Å². The first kappa shape index (κ1) is 19.4. The van der Waals surface area contributed by atoms with Gasteiger partial charge in [0.25, 0.3) is 5.91 Å². The largest absolute Gasteiger partial charge is 0.496 e. The van der Waals surface area contributed by atoms with Crippen LogP contribution >= 0.6 is 0 Å². The van der Waals surface area contributed by atoms with Crippen molar-refractivity contribution in [1.82, 2.24) is 15.4 Å². The number of amides is 1. The zero-order chi connectivity index (χ0) is 19.4. The van der Waals surface area contributed by atoms with Crippen molar-refractivity contribution < 1.29 is 14.1 Å². The molecular formula is C21H29N3O3. The second-order valence-electron chi connectivity index (χ2n) is 7.44. The Morgan fingerprint density at radius 2 is 2.07 bits per heavy atom. The van der Waals surface area contributed by atoms with E-state index in [0.717, 1.165) is 24.6 Å². The minimum atomic E-state index is -0.160. The molecule has 1 aliphatic heterocycles. The number of ether oxygens (including phenoxy) is 1. The van der Waals surface area contributed by atoms with Crippen LogP contribution in [-0.2, 0) is 0 Å². The van der Waals surface area contributed by atoms with Gasteiger partial charge in [0.1, 0.15) is 22.8 Å². The van der Waals surface area contributed by atoms with Crippen molar-refractivity contribution in [3.05, 3.63) is 35.6 Å². The quantitative estimate of drug-likeness (QED) is 0.842. The first-order valence-corrected chi connectivity index (χ1v) is 9.63. The normalized spacial score (nSPS) is 16.9. The van der Waals surface area contributed by atoms with Gasteiger partial charge in [0, 0.05) is 18.2 Å². The van der Waals surface area contributed by atoms with Crippen LogP contribution in [0.2, 0.25) is 0 Å². The Bertz CT molecular complexity index is 779. The molecule has 2 heterocycles. The first-order valence-electron chi connectivity index (χ1n) is 9.63. The van der Waals surface area contributed by atoms with Crippen molar-refractivity contribution >= 4 is 5.91 Å². The summed E-state index contributed by atoms with van der Waals surface area (Å²) in [5.74, 6) is 1.81. The van der Waals surface area contributed by atoms with Gasteiger partial charge in [0.2, 0.25) is 0 Å². The Labute approximate surface area is 160 Å². The van der Waals surface area contributed by atoms with E-state index in [1.807, 2.05) is 24.3 Å². The fourth-order valence-corrected chi connectivity index (χ4v) is 3.59. The summed E-state index contributed by atoms with van der Waals surface area (Å²) < 4.78 is 10.7. The molecule has 1 amide bonds. The zero-order valence-electron chi connectivity index (χ0n) is 16.6. The molecule has 0 spiro atoms. The van der Waals surface area contributed by atoms with Gasteiger partial charge in [-0.1, -0.05) is 24.2 Å². The Morgan fingerprint density at radius 3 is 2.78 bits per heavy atom. The molecule has 1 atom stereocenters. The van der Waals surface area contributed by atoms with Gasteiger partial charge < -0.3 is 14.6 Å². The molecular weight excluding hydrogens is 342 g/mol. The molecule has 6 nitrogen and oxygen atoms in total. The number of carbonyl (C=O) groups excluding carboxylic acids is 1. The number of rotatable bonds is 6. The van der Waals surface area contributed by atoms with Gasteiger partial charge in [-0.2, -0.15) is 0 Å². The molecule has 1 aliphatic rings. The number of hydrogen-bond acceptors (Lipinski definition) is 5. The van der Waals surface area contributed by atoms with E-state index in [9.17, 15) is 4.79 Å². The number of benzene rings is 1. The number of nitrogens with zero attached hydrogens (tertiary/aromatic N) is 2. The summed E-state index contributed by atoms with van der Waals surface area (Å²) in [6.07, 6.45) is 2.45. The molecule has 0 saturated carbocycles. The first-order chi connectivity index (χ1) is 13.0. The molecule has 1 saturated heterocycles. The van der Waals surface area contributed by atoms with Crippen LogP contribution in [0, 0.1) is 12.8 Å². The molecule has 1 N–H and O–H groups in total. The molecule has 2 aromatic rings. The van der Waals surface area contributed by atoms with E-state index in [2.05, 4.69) is 29.2 Å². The van der Waals surface area contributed by atoms with Crippen LogP contribution in [-0.4, -0.2) is 48.7 Å². The molecule has 1 fully saturated rings. The number of para-hydroxylation sites is 1. The van der Waals surface area contributed by atoms with E-state index in [4.69, 9.17) is 9.26 Å². The maximum absolute atomic E-state index is 12.9. The van der Waals surface area contributed by atoms with Crippen LogP contribution in [0.3, 0.4) is 0 Å². The summed E-state index contributed by atoms with van der Waals surface area (Å²) in [6.45, 7) is 9.02. The maximum atomic E-state index is 12.9. The number of methoxy groups -OCH3 is 1. The average Bonchev–Trinajstić information content (AvgIpc) is 3.07. The van der Waals surface area contributed by atoms with Crippen LogP contribution in [0.4, 0.5) is 0 Å². The van der Waals surface area contributed by atoms with Gasteiger partial charge in [-0.3, -0.25) is 9.69 Å².